The van der Waals surface area contributed by atoms with Crippen LogP contribution in [0, 0.1) is 0 Å². The van der Waals surface area contributed by atoms with E-state index in [2.05, 4.69) is 29.8 Å². The third kappa shape index (κ3) is 5.77. The topological polar surface area (TPSA) is 29.1 Å². The summed E-state index contributed by atoms with van der Waals surface area (Å²) < 4.78 is 10.9. The molecule has 2 atom stereocenters. The molecule has 16 heavy (non-hydrogen) atoms. The summed E-state index contributed by atoms with van der Waals surface area (Å²) in [6.07, 6.45) is 5.03. The van der Waals surface area contributed by atoms with Gasteiger partial charge in [-0.05, 0) is 37.3 Å². The highest BCUT2D eigenvalue weighted by atomic mass is 32.2. The molecule has 1 rings (SSSR count). The van der Waals surface area contributed by atoms with Gasteiger partial charge >= 0.3 is 0 Å². The van der Waals surface area contributed by atoms with Crippen molar-refractivity contribution in [3.8, 4) is 0 Å². The first-order valence-corrected chi connectivity index (χ1v) is 8.38. The van der Waals surface area contributed by atoms with Crippen LogP contribution in [0.4, 0.5) is 0 Å². The molecule has 0 fully saturated rings. The Morgan fingerprint density at radius 3 is 2.94 bits per heavy atom. The van der Waals surface area contributed by atoms with Crippen LogP contribution < -0.4 is 5.32 Å². The molecule has 2 unspecified atom stereocenters. The molecule has 0 amide bonds. The summed E-state index contributed by atoms with van der Waals surface area (Å²) in [6, 6.07) is 4.85. The van der Waals surface area contributed by atoms with Gasteiger partial charge in [0, 0.05) is 33.7 Å². The summed E-state index contributed by atoms with van der Waals surface area (Å²) in [4.78, 5) is 1.44. The summed E-state index contributed by atoms with van der Waals surface area (Å²) in [6.45, 7) is 3.19. The predicted octanol–water partition coefficient (Wildman–Crippen LogP) is 2.43. The monoisotopic (exact) mass is 259 g/mol. The van der Waals surface area contributed by atoms with Crippen LogP contribution in [0.25, 0.3) is 0 Å². The van der Waals surface area contributed by atoms with Crippen molar-refractivity contribution in [2.45, 2.75) is 32.2 Å². The van der Waals surface area contributed by atoms with Gasteiger partial charge < -0.3 is 5.32 Å². The van der Waals surface area contributed by atoms with Gasteiger partial charge in [0.25, 0.3) is 0 Å². The van der Waals surface area contributed by atoms with Crippen molar-refractivity contribution in [2.75, 3.05) is 18.6 Å². The molecule has 1 aromatic rings. The summed E-state index contributed by atoms with van der Waals surface area (Å²) in [5, 5.41) is 5.66. The van der Waals surface area contributed by atoms with E-state index in [0.717, 1.165) is 31.6 Å². The molecule has 1 N–H and O–H groups in total. The zero-order chi connectivity index (χ0) is 11.8. The van der Waals surface area contributed by atoms with Crippen molar-refractivity contribution < 1.29 is 4.21 Å². The van der Waals surface area contributed by atoms with Crippen LogP contribution in [-0.2, 0) is 17.2 Å². The first-order valence-electron chi connectivity index (χ1n) is 5.78. The molecule has 0 aromatic carbocycles. The Labute approximate surface area is 105 Å². The summed E-state index contributed by atoms with van der Waals surface area (Å²) in [5.41, 5.74) is 0. The minimum atomic E-state index is -0.652. The average molecular weight is 259 g/mol. The molecule has 0 aliphatic carbocycles. The van der Waals surface area contributed by atoms with Gasteiger partial charge in [0.15, 0.2) is 0 Å². The lowest BCUT2D eigenvalue weighted by Crippen LogP contribution is -2.31. The molecule has 4 heteroatoms. The molecule has 0 saturated carbocycles. The zero-order valence-corrected chi connectivity index (χ0v) is 11.7. The Bertz CT molecular complexity index is 298. The minimum absolute atomic E-state index is 0.559. The zero-order valence-electron chi connectivity index (χ0n) is 10.1. The maximum absolute atomic E-state index is 10.9. The van der Waals surface area contributed by atoms with Gasteiger partial charge in [-0.2, -0.15) is 0 Å². The highest BCUT2D eigenvalue weighted by Crippen LogP contribution is 2.12. The van der Waals surface area contributed by atoms with E-state index < -0.39 is 10.8 Å². The first-order chi connectivity index (χ1) is 7.72. The van der Waals surface area contributed by atoms with Crippen molar-refractivity contribution in [1.29, 1.82) is 0 Å². The summed E-state index contributed by atoms with van der Waals surface area (Å²) in [5.74, 6) is 0.808. The number of hydrogen-bond acceptors (Lipinski definition) is 3. The molecule has 1 heterocycles. The minimum Gasteiger partial charge on any atom is -0.314 e. The van der Waals surface area contributed by atoms with Crippen LogP contribution in [0.3, 0.4) is 0 Å². The van der Waals surface area contributed by atoms with Gasteiger partial charge in [-0.1, -0.05) is 13.0 Å². The second-order valence-electron chi connectivity index (χ2n) is 3.97. The maximum atomic E-state index is 10.9. The van der Waals surface area contributed by atoms with Crippen LogP contribution in [0.2, 0.25) is 0 Å². The number of thiophene rings is 1. The molecule has 0 saturated heterocycles. The third-order valence-electron chi connectivity index (χ3n) is 2.56. The van der Waals surface area contributed by atoms with Gasteiger partial charge in [0.2, 0.25) is 0 Å². The molecule has 92 valence electrons. The molecular weight excluding hydrogens is 238 g/mol. The summed E-state index contributed by atoms with van der Waals surface area (Å²) >= 11 is 1.82. The van der Waals surface area contributed by atoms with Crippen LogP contribution in [0.5, 0.6) is 0 Å². The molecular formula is C12H21NOS2. The lowest BCUT2D eigenvalue weighted by molar-refractivity contribution is 0.498. The second-order valence-corrected chi connectivity index (χ2v) is 6.56. The quantitative estimate of drug-likeness (QED) is 0.727. The molecule has 0 spiro atoms. The van der Waals surface area contributed by atoms with E-state index in [4.69, 9.17) is 0 Å². The third-order valence-corrected chi connectivity index (χ3v) is 4.32. The van der Waals surface area contributed by atoms with Crippen molar-refractivity contribution >= 4 is 22.1 Å². The lowest BCUT2D eigenvalue weighted by atomic mass is 10.1. The molecule has 2 nitrogen and oxygen atoms in total. The second kappa shape index (κ2) is 7.98. The highest BCUT2D eigenvalue weighted by Gasteiger charge is 2.06. The van der Waals surface area contributed by atoms with Crippen molar-refractivity contribution in [3.05, 3.63) is 22.4 Å². The molecule has 0 radical (unpaired) electrons. The van der Waals surface area contributed by atoms with Crippen molar-refractivity contribution in [1.82, 2.24) is 5.32 Å². The van der Waals surface area contributed by atoms with E-state index in [0.29, 0.717) is 6.04 Å². The van der Waals surface area contributed by atoms with Gasteiger partial charge in [-0.3, -0.25) is 4.21 Å². The Hall–Kier alpha value is -0.190. The first kappa shape index (κ1) is 13.9. The van der Waals surface area contributed by atoms with Gasteiger partial charge in [-0.15, -0.1) is 11.3 Å². The number of hydrogen-bond donors (Lipinski definition) is 1. The standard InChI is InChI=1S/C12H21NOS2/c1-3-11(10-12-6-4-8-15-12)13-7-5-9-16(2)14/h4,6,8,11,13H,3,5,7,9-10H2,1-2H3. The van der Waals surface area contributed by atoms with Crippen LogP contribution in [0.15, 0.2) is 17.5 Å². The van der Waals surface area contributed by atoms with Crippen molar-refractivity contribution in [3.63, 3.8) is 0 Å². The SMILES string of the molecule is CCC(Cc1cccs1)NCCCS(C)=O. The maximum Gasteiger partial charge on any atom is 0.0244 e. The van der Waals surface area contributed by atoms with E-state index in [1.54, 1.807) is 6.26 Å². The van der Waals surface area contributed by atoms with Gasteiger partial charge in [0.05, 0.1) is 0 Å². The Kier molecular flexibility index (Phi) is 6.92. The van der Waals surface area contributed by atoms with Crippen molar-refractivity contribution in [2.24, 2.45) is 0 Å². The van der Waals surface area contributed by atoms with E-state index in [1.807, 2.05) is 11.3 Å². The molecule has 0 aliphatic rings. The largest absolute Gasteiger partial charge is 0.314 e. The lowest BCUT2D eigenvalue weighted by Gasteiger charge is -2.15. The normalized spacial score (nSPS) is 14.9. The highest BCUT2D eigenvalue weighted by molar-refractivity contribution is 7.84. The fourth-order valence-corrected chi connectivity index (χ4v) is 2.95. The fourth-order valence-electron chi connectivity index (χ4n) is 1.61. The molecule has 0 bridgehead atoms. The Morgan fingerprint density at radius 2 is 2.38 bits per heavy atom. The Balaban J connectivity index is 2.19. The molecule has 0 aliphatic heterocycles. The van der Waals surface area contributed by atoms with Gasteiger partial charge in [-0.25, -0.2) is 0 Å². The van der Waals surface area contributed by atoms with Crippen LogP contribution >= 0.6 is 11.3 Å². The number of nitrogens with one attached hydrogen (secondary N) is 1. The average Bonchev–Trinajstić information content (AvgIpc) is 2.75. The molecule has 1 aromatic heterocycles. The van der Waals surface area contributed by atoms with Gasteiger partial charge in [0.1, 0.15) is 0 Å². The van der Waals surface area contributed by atoms with E-state index >= 15 is 0 Å². The van der Waals surface area contributed by atoms with E-state index in [1.165, 1.54) is 4.88 Å². The predicted molar refractivity (Wildman–Crippen MR) is 73.7 cm³/mol. The fraction of sp³-hybridized carbons (Fsp3) is 0.667. The summed E-state index contributed by atoms with van der Waals surface area (Å²) in [7, 11) is -0.652. The van der Waals surface area contributed by atoms with E-state index in [9.17, 15) is 4.21 Å². The number of rotatable bonds is 8. The van der Waals surface area contributed by atoms with Crippen LogP contribution in [0.1, 0.15) is 24.6 Å². The van der Waals surface area contributed by atoms with Crippen LogP contribution in [-0.4, -0.2) is 28.8 Å². The smallest absolute Gasteiger partial charge is 0.0244 e. The van der Waals surface area contributed by atoms with E-state index in [-0.39, 0.29) is 0 Å². The Morgan fingerprint density at radius 1 is 1.56 bits per heavy atom.